The van der Waals surface area contributed by atoms with Gasteiger partial charge in [-0.1, -0.05) is 20.8 Å². The summed E-state index contributed by atoms with van der Waals surface area (Å²) in [4.78, 5) is 10.9. The number of nitrogens with two attached hydrogens (primary N) is 1. The number of carboxylic acid groups (broad SMARTS) is 1. The Hall–Kier alpha value is -1.71. The van der Waals surface area contributed by atoms with Crippen LogP contribution in [-0.2, 0) is 0 Å². The van der Waals surface area contributed by atoms with E-state index in [9.17, 15) is 4.79 Å². The zero-order chi connectivity index (χ0) is 13.7. The van der Waals surface area contributed by atoms with Crippen LogP contribution in [0.1, 0.15) is 37.6 Å². The second kappa shape index (κ2) is 6.28. The molecule has 0 heterocycles. The lowest BCUT2D eigenvalue weighted by atomic mass is 10.00. The summed E-state index contributed by atoms with van der Waals surface area (Å²) in [7, 11) is 0. The van der Waals surface area contributed by atoms with Gasteiger partial charge in [-0.2, -0.15) is 0 Å². The third-order valence-electron chi connectivity index (χ3n) is 2.66. The van der Waals surface area contributed by atoms with E-state index < -0.39 is 5.97 Å². The SMILES string of the molecule is CC(C)CC(C)COc1ccc(N)c(C(=O)O)c1. The molecule has 4 nitrogen and oxygen atoms in total. The number of nitrogen functional groups attached to an aromatic ring is 1. The smallest absolute Gasteiger partial charge is 0.337 e. The van der Waals surface area contributed by atoms with Gasteiger partial charge in [0.05, 0.1) is 12.2 Å². The number of carbonyl (C=O) groups is 1. The molecule has 1 aromatic carbocycles. The number of rotatable bonds is 6. The van der Waals surface area contributed by atoms with E-state index in [1.807, 2.05) is 0 Å². The standard InChI is InChI=1S/C14H21NO3/c1-9(2)6-10(3)8-18-11-4-5-13(15)12(7-11)14(16)17/h4-5,7,9-10H,6,8,15H2,1-3H3,(H,16,17). The minimum atomic E-state index is -1.03. The summed E-state index contributed by atoms with van der Waals surface area (Å²) in [6.07, 6.45) is 1.08. The summed E-state index contributed by atoms with van der Waals surface area (Å²) in [6, 6.07) is 4.73. The average Bonchev–Trinajstić information content (AvgIpc) is 2.26. The Bertz CT molecular complexity index is 416. The lowest BCUT2D eigenvalue weighted by Crippen LogP contribution is -2.11. The summed E-state index contributed by atoms with van der Waals surface area (Å²) in [5.74, 6) is 0.589. The fraction of sp³-hybridized carbons (Fsp3) is 0.500. The third kappa shape index (κ3) is 4.28. The maximum Gasteiger partial charge on any atom is 0.337 e. The van der Waals surface area contributed by atoms with Crippen molar-refractivity contribution in [2.45, 2.75) is 27.2 Å². The molecule has 3 N–H and O–H groups in total. The van der Waals surface area contributed by atoms with Crippen LogP contribution < -0.4 is 10.5 Å². The van der Waals surface area contributed by atoms with E-state index in [0.717, 1.165) is 6.42 Å². The third-order valence-corrected chi connectivity index (χ3v) is 2.66. The zero-order valence-corrected chi connectivity index (χ0v) is 11.1. The van der Waals surface area contributed by atoms with Crippen molar-refractivity contribution < 1.29 is 14.6 Å². The predicted octanol–water partition coefficient (Wildman–Crippen LogP) is 3.03. The first-order valence-electron chi connectivity index (χ1n) is 6.15. The van der Waals surface area contributed by atoms with Crippen molar-refractivity contribution in [3.8, 4) is 5.75 Å². The molecule has 0 aliphatic carbocycles. The molecule has 1 rings (SSSR count). The van der Waals surface area contributed by atoms with Crippen LogP contribution in [0.15, 0.2) is 18.2 Å². The number of hydrogen-bond acceptors (Lipinski definition) is 3. The van der Waals surface area contributed by atoms with Crippen molar-refractivity contribution in [2.24, 2.45) is 11.8 Å². The first-order chi connectivity index (χ1) is 8.40. The van der Waals surface area contributed by atoms with E-state index in [-0.39, 0.29) is 11.3 Å². The van der Waals surface area contributed by atoms with Crippen LogP contribution in [0, 0.1) is 11.8 Å². The molecular weight excluding hydrogens is 230 g/mol. The van der Waals surface area contributed by atoms with Crippen LogP contribution in [0.2, 0.25) is 0 Å². The maximum absolute atomic E-state index is 10.9. The summed E-state index contributed by atoms with van der Waals surface area (Å²) in [5.41, 5.74) is 5.92. The Balaban J connectivity index is 2.63. The van der Waals surface area contributed by atoms with Crippen LogP contribution >= 0.6 is 0 Å². The first kappa shape index (κ1) is 14.4. The van der Waals surface area contributed by atoms with Crippen molar-refractivity contribution in [2.75, 3.05) is 12.3 Å². The van der Waals surface area contributed by atoms with Gasteiger partial charge in [0.1, 0.15) is 5.75 Å². The summed E-state index contributed by atoms with van der Waals surface area (Å²) >= 11 is 0. The molecule has 100 valence electrons. The number of aromatic carboxylic acids is 1. The van der Waals surface area contributed by atoms with Crippen LogP contribution in [0.4, 0.5) is 5.69 Å². The molecule has 4 heteroatoms. The van der Waals surface area contributed by atoms with Crippen LogP contribution in [0.5, 0.6) is 5.75 Å². The Labute approximate surface area is 108 Å². The molecule has 0 bridgehead atoms. The topological polar surface area (TPSA) is 72.5 Å². The van der Waals surface area contributed by atoms with Gasteiger partial charge < -0.3 is 15.6 Å². The highest BCUT2D eigenvalue weighted by Gasteiger charge is 2.10. The highest BCUT2D eigenvalue weighted by atomic mass is 16.5. The van der Waals surface area contributed by atoms with E-state index >= 15 is 0 Å². The Morgan fingerprint density at radius 2 is 2.06 bits per heavy atom. The molecule has 0 aliphatic heterocycles. The number of benzene rings is 1. The number of hydrogen-bond donors (Lipinski definition) is 2. The van der Waals surface area contributed by atoms with Gasteiger partial charge in [0, 0.05) is 5.69 Å². The van der Waals surface area contributed by atoms with Crippen molar-refractivity contribution in [3.63, 3.8) is 0 Å². The maximum atomic E-state index is 10.9. The minimum absolute atomic E-state index is 0.0870. The van der Waals surface area contributed by atoms with Gasteiger partial charge in [-0.25, -0.2) is 4.79 Å². The summed E-state index contributed by atoms with van der Waals surface area (Å²) < 4.78 is 5.60. The fourth-order valence-electron chi connectivity index (χ4n) is 1.92. The zero-order valence-electron chi connectivity index (χ0n) is 11.1. The van der Waals surface area contributed by atoms with E-state index in [2.05, 4.69) is 20.8 Å². The molecule has 0 radical (unpaired) electrons. The first-order valence-corrected chi connectivity index (χ1v) is 6.15. The average molecular weight is 251 g/mol. The molecule has 0 spiro atoms. The van der Waals surface area contributed by atoms with E-state index in [1.54, 1.807) is 12.1 Å². The van der Waals surface area contributed by atoms with Crippen molar-refractivity contribution in [1.29, 1.82) is 0 Å². The van der Waals surface area contributed by atoms with Crippen molar-refractivity contribution >= 4 is 11.7 Å². The van der Waals surface area contributed by atoms with E-state index in [0.29, 0.717) is 24.2 Å². The monoisotopic (exact) mass is 251 g/mol. The molecule has 0 aliphatic rings. The molecule has 1 unspecified atom stereocenters. The lowest BCUT2D eigenvalue weighted by Gasteiger charge is -2.15. The van der Waals surface area contributed by atoms with Gasteiger partial charge in [0.2, 0.25) is 0 Å². The largest absolute Gasteiger partial charge is 0.493 e. The molecular formula is C14H21NO3. The molecule has 1 atom stereocenters. The van der Waals surface area contributed by atoms with Gasteiger partial charge in [-0.15, -0.1) is 0 Å². The Morgan fingerprint density at radius 1 is 1.39 bits per heavy atom. The summed E-state index contributed by atoms with van der Waals surface area (Å²) in [6.45, 7) is 7.04. The molecule has 0 amide bonds. The molecule has 0 saturated heterocycles. The van der Waals surface area contributed by atoms with Gasteiger partial charge >= 0.3 is 5.97 Å². The Morgan fingerprint density at radius 3 is 2.61 bits per heavy atom. The number of anilines is 1. The van der Waals surface area contributed by atoms with Gasteiger partial charge in [0.15, 0.2) is 0 Å². The van der Waals surface area contributed by atoms with Crippen LogP contribution in [0.25, 0.3) is 0 Å². The Kier molecular flexibility index (Phi) is 5.01. The van der Waals surface area contributed by atoms with E-state index in [4.69, 9.17) is 15.6 Å². The lowest BCUT2D eigenvalue weighted by molar-refractivity contribution is 0.0697. The van der Waals surface area contributed by atoms with Crippen LogP contribution in [-0.4, -0.2) is 17.7 Å². The molecule has 1 aromatic rings. The van der Waals surface area contributed by atoms with Gasteiger partial charge in [0.25, 0.3) is 0 Å². The molecule has 0 fully saturated rings. The highest BCUT2D eigenvalue weighted by Crippen LogP contribution is 2.21. The predicted molar refractivity (Wildman–Crippen MR) is 71.9 cm³/mol. The van der Waals surface area contributed by atoms with E-state index in [1.165, 1.54) is 6.07 Å². The number of ether oxygens (including phenoxy) is 1. The normalized spacial score (nSPS) is 12.4. The highest BCUT2D eigenvalue weighted by molar-refractivity contribution is 5.94. The van der Waals surface area contributed by atoms with Gasteiger partial charge in [-0.3, -0.25) is 0 Å². The fourth-order valence-corrected chi connectivity index (χ4v) is 1.92. The molecule has 0 aromatic heterocycles. The van der Waals surface area contributed by atoms with Crippen molar-refractivity contribution in [3.05, 3.63) is 23.8 Å². The second-order valence-electron chi connectivity index (χ2n) is 5.10. The number of carboxylic acids is 1. The summed E-state index contributed by atoms with van der Waals surface area (Å²) in [5, 5.41) is 8.95. The van der Waals surface area contributed by atoms with Gasteiger partial charge in [-0.05, 0) is 36.5 Å². The molecule has 0 saturated carbocycles. The molecule has 18 heavy (non-hydrogen) atoms. The quantitative estimate of drug-likeness (QED) is 0.762. The minimum Gasteiger partial charge on any atom is -0.493 e. The van der Waals surface area contributed by atoms with Crippen molar-refractivity contribution in [1.82, 2.24) is 0 Å². The van der Waals surface area contributed by atoms with Crippen LogP contribution in [0.3, 0.4) is 0 Å². The second-order valence-corrected chi connectivity index (χ2v) is 5.10.